The zero-order valence-corrected chi connectivity index (χ0v) is 19.5. The molecule has 168 valence electrons. The van der Waals surface area contributed by atoms with Crippen LogP contribution in [-0.4, -0.2) is 30.5 Å². The van der Waals surface area contributed by atoms with Crippen LogP contribution in [-0.2, 0) is 7.05 Å². The van der Waals surface area contributed by atoms with Crippen LogP contribution in [0.25, 0.3) is 16.9 Å². The van der Waals surface area contributed by atoms with Crippen molar-refractivity contribution in [2.45, 2.75) is 17.0 Å². The monoisotopic (exact) mass is 466 g/mol. The van der Waals surface area contributed by atoms with Crippen LogP contribution >= 0.6 is 11.8 Å². The topological polar surface area (TPSA) is 77.6 Å². The maximum Gasteiger partial charge on any atom is 0.259 e. The molecule has 0 bridgehead atoms. The highest BCUT2D eigenvalue weighted by Gasteiger charge is 2.19. The minimum Gasteiger partial charge on any atom is -0.322 e. The van der Waals surface area contributed by atoms with Gasteiger partial charge in [-0.1, -0.05) is 48.0 Å². The van der Waals surface area contributed by atoms with Crippen LogP contribution < -0.4 is 5.32 Å². The van der Waals surface area contributed by atoms with Gasteiger partial charge in [0.05, 0.1) is 11.3 Å². The lowest BCUT2D eigenvalue weighted by Gasteiger charge is -2.07. The summed E-state index contributed by atoms with van der Waals surface area (Å²) in [7, 11) is 1.90. The van der Waals surface area contributed by atoms with Crippen molar-refractivity contribution in [1.29, 1.82) is 0 Å². The molecule has 7 nitrogen and oxygen atoms in total. The molecule has 34 heavy (non-hydrogen) atoms. The molecule has 0 fully saturated rings. The molecule has 1 N–H and O–H groups in total. The maximum absolute atomic E-state index is 13.3. The molecule has 8 heteroatoms. The summed E-state index contributed by atoms with van der Waals surface area (Å²) >= 11 is 1.51. The lowest BCUT2D eigenvalue weighted by atomic mass is 10.1. The van der Waals surface area contributed by atoms with E-state index >= 15 is 0 Å². The summed E-state index contributed by atoms with van der Waals surface area (Å²) < 4.78 is 3.61. The maximum atomic E-state index is 13.3. The Bertz CT molecular complexity index is 1420. The number of hydrogen-bond acceptors (Lipinski definition) is 5. The van der Waals surface area contributed by atoms with Crippen molar-refractivity contribution < 1.29 is 4.79 Å². The lowest BCUT2D eigenvalue weighted by molar-refractivity contribution is 0.102. The van der Waals surface area contributed by atoms with E-state index in [1.807, 2.05) is 97.4 Å². The summed E-state index contributed by atoms with van der Waals surface area (Å²) in [6.07, 6.45) is 3.44. The van der Waals surface area contributed by atoms with Crippen molar-refractivity contribution in [2.24, 2.45) is 7.05 Å². The van der Waals surface area contributed by atoms with E-state index in [-0.39, 0.29) is 5.91 Å². The van der Waals surface area contributed by atoms with Crippen molar-refractivity contribution in [2.75, 3.05) is 5.32 Å². The molecule has 1 amide bonds. The van der Waals surface area contributed by atoms with Gasteiger partial charge in [0.15, 0.2) is 5.16 Å². The highest BCUT2D eigenvalue weighted by atomic mass is 32.2. The summed E-state index contributed by atoms with van der Waals surface area (Å²) in [5, 5.41) is 16.5. The zero-order chi connectivity index (χ0) is 23.5. The molecule has 0 atom stereocenters. The van der Waals surface area contributed by atoms with Crippen molar-refractivity contribution >= 4 is 23.4 Å². The van der Waals surface area contributed by atoms with Gasteiger partial charge in [0.2, 0.25) is 0 Å². The molecule has 0 radical (unpaired) electrons. The average molecular weight is 467 g/mol. The Kier molecular flexibility index (Phi) is 5.97. The fourth-order valence-electron chi connectivity index (χ4n) is 3.45. The van der Waals surface area contributed by atoms with Crippen molar-refractivity contribution in [3.63, 3.8) is 0 Å². The highest BCUT2D eigenvalue weighted by molar-refractivity contribution is 7.99. The van der Waals surface area contributed by atoms with Crippen molar-refractivity contribution in [3.8, 4) is 16.9 Å². The molecular weight excluding hydrogens is 444 g/mol. The van der Waals surface area contributed by atoms with Gasteiger partial charge in [-0.25, -0.2) is 4.68 Å². The van der Waals surface area contributed by atoms with Crippen LogP contribution in [0.3, 0.4) is 0 Å². The van der Waals surface area contributed by atoms with Gasteiger partial charge in [-0.15, -0.1) is 10.2 Å². The first-order valence-electron chi connectivity index (χ1n) is 10.7. The number of rotatable bonds is 6. The number of hydrogen-bond donors (Lipinski definition) is 1. The van der Waals surface area contributed by atoms with E-state index in [4.69, 9.17) is 5.10 Å². The van der Waals surface area contributed by atoms with Gasteiger partial charge >= 0.3 is 0 Å². The molecule has 2 aromatic heterocycles. The lowest BCUT2D eigenvalue weighted by Crippen LogP contribution is -2.12. The predicted molar refractivity (Wildman–Crippen MR) is 133 cm³/mol. The van der Waals surface area contributed by atoms with E-state index in [0.29, 0.717) is 16.9 Å². The zero-order valence-electron chi connectivity index (χ0n) is 18.7. The first-order chi connectivity index (χ1) is 16.6. The first-order valence-corrected chi connectivity index (χ1v) is 11.5. The Hall–Kier alpha value is -4.17. The van der Waals surface area contributed by atoms with Crippen molar-refractivity contribution in [1.82, 2.24) is 24.5 Å². The van der Waals surface area contributed by atoms with E-state index in [0.717, 1.165) is 26.9 Å². The minimum atomic E-state index is -0.217. The van der Waals surface area contributed by atoms with Gasteiger partial charge in [-0.2, -0.15) is 5.10 Å². The molecule has 5 rings (SSSR count). The van der Waals surface area contributed by atoms with Gasteiger partial charge in [-0.3, -0.25) is 4.79 Å². The van der Waals surface area contributed by atoms with E-state index in [1.54, 1.807) is 17.2 Å². The van der Waals surface area contributed by atoms with E-state index < -0.39 is 0 Å². The smallest absolute Gasteiger partial charge is 0.259 e. The second kappa shape index (κ2) is 9.36. The van der Waals surface area contributed by atoms with Gasteiger partial charge in [-0.05, 0) is 55.1 Å². The number of nitrogens with zero attached hydrogens (tertiary/aromatic N) is 5. The molecule has 0 saturated heterocycles. The van der Waals surface area contributed by atoms with Gasteiger partial charge in [0.1, 0.15) is 12.0 Å². The van der Waals surface area contributed by atoms with E-state index in [2.05, 4.69) is 15.5 Å². The third-order valence-electron chi connectivity index (χ3n) is 5.30. The van der Waals surface area contributed by atoms with Crippen LogP contribution in [0.5, 0.6) is 0 Å². The van der Waals surface area contributed by atoms with Gasteiger partial charge in [0.25, 0.3) is 5.91 Å². The predicted octanol–water partition coefficient (Wildman–Crippen LogP) is 5.38. The Balaban J connectivity index is 1.41. The fraction of sp³-hybridized carbons (Fsp3) is 0.0769. The summed E-state index contributed by atoms with van der Waals surface area (Å²) in [5.41, 5.74) is 4.78. The first kappa shape index (κ1) is 21.7. The molecule has 0 aliphatic heterocycles. The third kappa shape index (κ3) is 4.62. The molecule has 5 aromatic rings. The summed E-state index contributed by atoms with van der Waals surface area (Å²) in [6.45, 7) is 2.04. The van der Waals surface area contributed by atoms with Crippen molar-refractivity contribution in [3.05, 3.63) is 103 Å². The second-order valence-electron chi connectivity index (χ2n) is 7.84. The Labute approximate surface area is 201 Å². The van der Waals surface area contributed by atoms with Crippen LogP contribution in [0.1, 0.15) is 15.9 Å². The molecule has 2 heterocycles. The Morgan fingerprint density at radius 3 is 2.35 bits per heavy atom. The Morgan fingerprint density at radius 1 is 0.941 bits per heavy atom. The summed E-state index contributed by atoms with van der Waals surface area (Å²) in [5.74, 6) is -0.217. The summed E-state index contributed by atoms with van der Waals surface area (Å²) in [4.78, 5) is 14.3. The molecule has 0 aliphatic rings. The molecule has 0 unspecified atom stereocenters. The SMILES string of the molecule is Cc1ccc(-n2cc(C(=O)Nc3ccc(Sc4nncn4C)cc3)c(-c3ccccc3)n2)cc1. The van der Waals surface area contributed by atoms with Crippen LogP contribution in [0, 0.1) is 6.92 Å². The number of benzene rings is 3. The number of anilines is 1. The standard InChI is InChI=1S/C26H22N6OS/c1-18-8-12-21(13-9-18)32-16-23(24(30-32)19-6-4-3-5-7-19)25(33)28-20-10-14-22(15-11-20)34-26-29-27-17-31(26)2/h3-17H,1-2H3,(H,28,33). The van der Waals surface area contributed by atoms with Gasteiger partial charge < -0.3 is 9.88 Å². The molecule has 0 saturated carbocycles. The average Bonchev–Trinajstić information content (AvgIpc) is 3.48. The number of aromatic nitrogens is 5. The van der Waals surface area contributed by atoms with E-state index in [1.165, 1.54) is 11.8 Å². The largest absolute Gasteiger partial charge is 0.322 e. The van der Waals surface area contributed by atoms with Crippen LogP contribution in [0.15, 0.2) is 101 Å². The molecule has 0 spiro atoms. The normalized spacial score (nSPS) is 10.9. The number of carbonyl (C=O) groups is 1. The second-order valence-corrected chi connectivity index (χ2v) is 8.88. The van der Waals surface area contributed by atoms with E-state index in [9.17, 15) is 4.79 Å². The summed E-state index contributed by atoms with van der Waals surface area (Å²) in [6, 6.07) is 25.4. The van der Waals surface area contributed by atoms with Crippen LogP contribution in [0.2, 0.25) is 0 Å². The number of carbonyl (C=O) groups excluding carboxylic acids is 1. The molecule has 0 aliphatic carbocycles. The molecule has 3 aromatic carbocycles. The number of amides is 1. The van der Waals surface area contributed by atoms with Crippen LogP contribution in [0.4, 0.5) is 5.69 Å². The number of nitrogens with one attached hydrogen (secondary N) is 1. The fourth-order valence-corrected chi connectivity index (χ4v) is 4.22. The number of aryl methyl sites for hydroxylation is 2. The Morgan fingerprint density at radius 2 is 1.68 bits per heavy atom. The highest BCUT2D eigenvalue weighted by Crippen LogP contribution is 2.28. The third-order valence-corrected chi connectivity index (χ3v) is 6.36. The molecular formula is C26H22N6OS. The van der Waals surface area contributed by atoms with Gasteiger partial charge in [0, 0.05) is 29.4 Å². The minimum absolute atomic E-state index is 0.217. The quantitative estimate of drug-likeness (QED) is 0.364.